The molecule has 1 aromatic carbocycles. The van der Waals surface area contributed by atoms with Crippen LogP contribution >= 0.6 is 0 Å². The second-order valence-corrected chi connectivity index (χ2v) is 5.17. The Morgan fingerprint density at radius 2 is 2.00 bits per heavy atom. The summed E-state index contributed by atoms with van der Waals surface area (Å²) in [6, 6.07) is 1.95. The van der Waals surface area contributed by atoms with Crippen molar-refractivity contribution >= 4 is 0 Å². The van der Waals surface area contributed by atoms with E-state index in [9.17, 15) is 8.78 Å². The van der Waals surface area contributed by atoms with Gasteiger partial charge in [-0.3, -0.25) is 0 Å². The van der Waals surface area contributed by atoms with Crippen molar-refractivity contribution in [3.8, 4) is 0 Å². The fourth-order valence-electron chi connectivity index (χ4n) is 2.54. The van der Waals surface area contributed by atoms with Crippen molar-refractivity contribution in [3.05, 3.63) is 34.9 Å². The van der Waals surface area contributed by atoms with Crippen LogP contribution in [0.25, 0.3) is 0 Å². The van der Waals surface area contributed by atoms with Gasteiger partial charge in [-0.15, -0.1) is 0 Å². The lowest BCUT2D eigenvalue weighted by atomic mass is 9.75. The molecule has 1 unspecified atom stereocenters. The first-order valence-corrected chi connectivity index (χ1v) is 6.24. The fraction of sp³-hybridized carbons (Fsp3) is 0.571. The van der Waals surface area contributed by atoms with E-state index in [1.54, 1.807) is 14.0 Å². The van der Waals surface area contributed by atoms with Crippen molar-refractivity contribution in [2.45, 2.75) is 44.2 Å². The van der Waals surface area contributed by atoms with E-state index in [4.69, 9.17) is 10.5 Å². The van der Waals surface area contributed by atoms with E-state index >= 15 is 0 Å². The molecular formula is C14H19F2NO. The first kappa shape index (κ1) is 13.4. The second-order valence-electron chi connectivity index (χ2n) is 5.17. The van der Waals surface area contributed by atoms with Crippen molar-refractivity contribution in [2.24, 2.45) is 5.73 Å². The quantitative estimate of drug-likeness (QED) is 0.896. The minimum absolute atomic E-state index is 0.214. The molecule has 0 heterocycles. The Morgan fingerprint density at radius 3 is 2.50 bits per heavy atom. The second kappa shape index (κ2) is 4.94. The Morgan fingerprint density at radius 1 is 1.33 bits per heavy atom. The molecule has 2 rings (SSSR count). The Bertz CT molecular complexity index is 438. The Kier molecular flexibility index (Phi) is 3.69. The normalized spacial score (nSPS) is 19.4. The third-order valence-corrected chi connectivity index (χ3v) is 3.97. The highest BCUT2D eigenvalue weighted by molar-refractivity contribution is 5.28. The number of hydrogen-bond donors (Lipinski definition) is 1. The largest absolute Gasteiger partial charge is 0.378 e. The zero-order valence-corrected chi connectivity index (χ0v) is 10.8. The first-order chi connectivity index (χ1) is 8.47. The zero-order valence-electron chi connectivity index (χ0n) is 10.8. The highest BCUT2D eigenvalue weighted by atomic mass is 19.1. The highest BCUT2D eigenvalue weighted by Gasteiger charge is 2.39. The summed E-state index contributed by atoms with van der Waals surface area (Å²) in [6.07, 6.45) is 3.61. The third kappa shape index (κ3) is 2.40. The van der Waals surface area contributed by atoms with Crippen LogP contribution in [0.2, 0.25) is 0 Å². The van der Waals surface area contributed by atoms with Gasteiger partial charge in [0.1, 0.15) is 11.6 Å². The average Bonchev–Trinajstić information content (AvgIpc) is 2.28. The molecular weight excluding hydrogens is 236 g/mol. The summed E-state index contributed by atoms with van der Waals surface area (Å²) in [5, 5.41) is 0. The van der Waals surface area contributed by atoms with Crippen molar-refractivity contribution in [1.29, 1.82) is 0 Å². The molecule has 1 aliphatic rings. The Hall–Kier alpha value is -1.00. The fourth-order valence-corrected chi connectivity index (χ4v) is 2.54. The molecule has 0 aliphatic heterocycles. The molecule has 2 nitrogen and oxygen atoms in total. The molecule has 0 aromatic heterocycles. The van der Waals surface area contributed by atoms with Crippen LogP contribution in [0.5, 0.6) is 0 Å². The third-order valence-electron chi connectivity index (χ3n) is 3.97. The van der Waals surface area contributed by atoms with Gasteiger partial charge in [0.15, 0.2) is 0 Å². The van der Waals surface area contributed by atoms with Gasteiger partial charge in [0.2, 0.25) is 0 Å². The van der Waals surface area contributed by atoms with Crippen LogP contribution in [0, 0.1) is 18.6 Å². The topological polar surface area (TPSA) is 35.2 Å². The lowest BCUT2D eigenvalue weighted by molar-refractivity contribution is -0.0818. The minimum atomic E-state index is -0.573. The van der Waals surface area contributed by atoms with Gasteiger partial charge in [0.05, 0.1) is 5.60 Å². The van der Waals surface area contributed by atoms with Gasteiger partial charge < -0.3 is 10.5 Å². The van der Waals surface area contributed by atoms with Gasteiger partial charge >= 0.3 is 0 Å². The predicted molar refractivity (Wildman–Crippen MR) is 66.2 cm³/mol. The smallest absolute Gasteiger partial charge is 0.130 e. The molecule has 2 N–H and O–H groups in total. The van der Waals surface area contributed by atoms with E-state index < -0.39 is 17.7 Å². The molecule has 100 valence electrons. The first-order valence-electron chi connectivity index (χ1n) is 6.24. The monoisotopic (exact) mass is 255 g/mol. The summed E-state index contributed by atoms with van der Waals surface area (Å²) in [6.45, 7) is 1.61. The van der Waals surface area contributed by atoms with E-state index in [-0.39, 0.29) is 5.60 Å². The van der Waals surface area contributed by atoms with Crippen LogP contribution < -0.4 is 5.73 Å². The number of nitrogens with two attached hydrogens (primary N) is 1. The number of rotatable bonds is 4. The molecule has 1 aliphatic carbocycles. The predicted octanol–water partition coefficient (Wildman–Crippen LogP) is 3.23. The van der Waals surface area contributed by atoms with E-state index in [2.05, 4.69) is 0 Å². The number of halogens is 2. The molecule has 1 fully saturated rings. The SMILES string of the molecule is COC1(CC(N)c2cc(C)c(F)cc2F)CCC1. The summed E-state index contributed by atoms with van der Waals surface area (Å²) in [5.74, 6) is -1.11. The maximum Gasteiger partial charge on any atom is 0.130 e. The van der Waals surface area contributed by atoms with Gasteiger partial charge in [-0.1, -0.05) is 0 Å². The van der Waals surface area contributed by atoms with E-state index in [0.29, 0.717) is 17.5 Å². The molecule has 0 saturated heterocycles. The summed E-state index contributed by atoms with van der Waals surface area (Å²) in [7, 11) is 1.66. The summed E-state index contributed by atoms with van der Waals surface area (Å²) >= 11 is 0. The molecule has 0 amide bonds. The van der Waals surface area contributed by atoms with Gasteiger partial charge in [-0.25, -0.2) is 8.78 Å². The molecule has 4 heteroatoms. The molecule has 1 saturated carbocycles. The lowest BCUT2D eigenvalue weighted by Gasteiger charge is -2.42. The Balaban J connectivity index is 2.18. The highest BCUT2D eigenvalue weighted by Crippen LogP contribution is 2.41. The van der Waals surface area contributed by atoms with Crippen molar-refractivity contribution < 1.29 is 13.5 Å². The van der Waals surface area contributed by atoms with Crippen molar-refractivity contribution in [2.75, 3.05) is 7.11 Å². The summed E-state index contributed by atoms with van der Waals surface area (Å²) in [4.78, 5) is 0. The van der Waals surface area contributed by atoms with Crippen LogP contribution in [-0.4, -0.2) is 12.7 Å². The standard InChI is InChI=1S/C14H19F2NO/c1-9-6-10(12(16)7-11(9)15)13(17)8-14(18-2)4-3-5-14/h6-7,13H,3-5,8,17H2,1-2H3. The molecule has 1 aromatic rings. The summed E-state index contributed by atoms with van der Waals surface area (Å²) < 4.78 is 32.4. The minimum Gasteiger partial charge on any atom is -0.378 e. The van der Waals surface area contributed by atoms with E-state index in [1.165, 1.54) is 6.07 Å². The number of benzene rings is 1. The van der Waals surface area contributed by atoms with E-state index in [1.807, 2.05) is 0 Å². The van der Waals surface area contributed by atoms with Gasteiger partial charge in [0.25, 0.3) is 0 Å². The maximum absolute atomic E-state index is 13.7. The number of methoxy groups -OCH3 is 1. The van der Waals surface area contributed by atoms with Crippen molar-refractivity contribution in [3.63, 3.8) is 0 Å². The molecule has 1 atom stereocenters. The van der Waals surface area contributed by atoms with Crippen LogP contribution in [0.1, 0.15) is 42.9 Å². The maximum atomic E-state index is 13.7. The molecule has 18 heavy (non-hydrogen) atoms. The van der Waals surface area contributed by atoms with Crippen LogP contribution in [-0.2, 0) is 4.74 Å². The van der Waals surface area contributed by atoms with Gasteiger partial charge in [-0.05, 0) is 44.2 Å². The van der Waals surface area contributed by atoms with Crippen LogP contribution in [0.3, 0.4) is 0 Å². The van der Waals surface area contributed by atoms with Crippen LogP contribution in [0.4, 0.5) is 8.78 Å². The zero-order chi connectivity index (χ0) is 13.3. The average molecular weight is 255 g/mol. The lowest BCUT2D eigenvalue weighted by Crippen LogP contribution is -2.42. The summed E-state index contributed by atoms with van der Waals surface area (Å²) in [5.41, 5.74) is 6.62. The van der Waals surface area contributed by atoms with Crippen molar-refractivity contribution in [1.82, 2.24) is 0 Å². The number of aryl methyl sites for hydroxylation is 1. The number of hydrogen-bond acceptors (Lipinski definition) is 2. The molecule has 0 bridgehead atoms. The number of ether oxygens (including phenoxy) is 1. The van der Waals surface area contributed by atoms with Gasteiger partial charge in [0, 0.05) is 24.8 Å². The van der Waals surface area contributed by atoms with Crippen LogP contribution in [0.15, 0.2) is 12.1 Å². The van der Waals surface area contributed by atoms with E-state index in [0.717, 1.165) is 25.3 Å². The Labute approximate surface area is 106 Å². The van der Waals surface area contributed by atoms with Gasteiger partial charge in [-0.2, -0.15) is 0 Å². The molecule has 0 radical (unpaired) electrons. The molecule has 0 spiro atoms.